The largest absolute Gasteiger partial charge is 0.489 e. The van der Waals surface area contributed by atoms with Crippen molar-refractivity contribution in [1.29, 1.82) is 0 Å². The molecule has 4 nitrogen and oxygen atoms in total. The van der Waals surface area contributed by atoms with Gasteiger partial charge in [-0.15, -0.1) is 0 Å². The van der Waals surface area contributed by atoms with Crippen molar-refractivity contribution >= 4 is 40.6 Å². The van der Waals surface area contributed by atoms with Crippen LogP contribution in [0, 0.1) is 0 Å². The maximum Gasteiger partial charge on any atom is 0.293 e. The second-order valence-electron chi connectivity index (χ2n) is 4.77. The van der Waals surface area contributed by atoms with Gasteiger partial charge in [0.05, 0.1) is 16.0 Å². The lowest BCUT2D eigenvalue weighted by atomic mass is 10.2. The first-order valence-corrected chi connectivity index (χ1v) is 7.79. The van der Waals surface area contributed by atoms with Crippen LogP contribution in [0.15, 0.2) is 23.1 Å². The van der Waals surface area contributed by atoms with Crippen LogP contribution in [0.25, 0.3) is 6.08 Å². The van der Waals surface area contributed by atoms with Crippen molar-refractivity contribution in [1.82, 2.24) is 4.90 Å². The van der Waals surface area contributed by atoms with Gasteiger partial charge in [-0.1, -0.05) is 24.6 Å². The maximum atomic E-state index is 11.8. The van der Waals surface area contributed by atoms with E-state index in [0.717, 1.165) is 28.6 Å². The summed E-state index contributed by atoms with van der Waals surface area (Å²) < 4.78 is 5.69. The zero-order chi connectivity index (χ0) is 15.6. The number of carbonyl (C=O) groups is 2. The van der Waals surface area contributed by atoms with Gasteiger partial charge >= 0.3 is 0 Å². The Balaban J connectivity index is 2.21. The molecule has 1 saturated heterocycles. The summed E-state index contributed by atoms with van der Waals surface area (Å²) in [7, 11) is 1.47. The number of amides is 2. The standard InChI is InChI=1S/C15H16ClNO3S/c1-4-9(2)20-12-6-5-10(7-11(12)16)8-13-14(18)17(3)15(19)21-13/h5-9H,4H2,1-3H3/b13-8+/t9-/m1/s1. The molecule has 112 valence electrons. The number of ether oxygens (including phenoxy) is 1. The number of hydrogen-bond donors (Lipinski definition) is 0. The highest BCUT2D eigenvalue weighted by Gasteiger charge is 2.31. The number of carbonyl (C=O) groups excluding carboxylic acids is 2. The van der Waals surface area contributed by atoms with Crippen LogP contribution in [0.1, 0.15) is 25.8 Å². The minimum atomic E-state index is -0.291. The summed E-state index contributed by atoms with van der Waals surface area (Å²) in [5.74, 6) is 0.327. The zero-order valence-electron chi connectivity index (χ0n) is 12.1. The van der Waals surface area contributed by atoms with E-state index in [-0.39, 0.29) is 17.3 Å². The Hall–Kier alpha value is -1.46. The van der Waals surface area contributed by atoms with Crippen LogP contribution < -0.4 is 4.74 Å². The van der Waals surface area contributed by atoms with Gasteiger partial charge in [-0.2, -0.15) is 0 Å². The molecule has 0 spiro atoms. The van der Waals surface area contributed by atoms with Gasteiger partial charge in [0.25, 0.3) is 11.1 Å². The number of benzene rings is 1. The highest BCUT2D eigenvalue weighted by molar-refractivity contribution is 8.18. The quantitative estimate of drug-likeness (QED) is 0.779. The molecule has 2 amide bonds. The molecule has 21 heavy (non-hydrogen) atoms. The SMILES string of the molecule is CC[C@@H](C)Oc1ccc(/C=C2/SC(=O)N(C)C2=O)cc1Cl. The number of halogens is 1. The molecule has 0 aliphatic carbocycles. The second-order valence-corrected chi connectivity index (χ2v) is 6.17. The molecule has 1 aliphatic heterocycles. The van der Waals surface area contributed by atoms with E-state index in [2.05, 4.69) is 0 Å². The summed E-state index contributed by atoms with van der Waals surface area (Å²) in [5.41, 5.74) is 0.760. The van der Waals surface area contributed by atoms with Crippen molar-refractivity contribution in [2.24, 2.45) is 0 Å². The summed E-state index contributed by atoms with van der Waals surface area (Å²) in [5, 5.41) is 0.217. The molecule has 1 heterocycles. The van der Waals surface area contributed by atoms with E-state index in [1.165, 1.54) is 7.05 Å². The van der Waals surface area contributed by atoms with Crippen LogP contribution in [0.2, 0.25) is 5.02 Å². The van der Waals surface area contributed by atoms with E-state index in [1.807, 2.05) is 19.9 Å². The molecule has 0 saturated carbocycles. The van der Waals surface area contributed by atoms with Crippen LogP contribution in [-0.4, -0.2) is 29.2 Å². The molecule has 0 bridgehead atoms. The molecule has 0 N–H and O–H groups in total. The van der Waals surface area contributed by atoms with Crippen molar-refractivity contribution in [2.45, 2.75) is 26.4 Å². The summed E-state index contributed by atoms with van der Waals surface area (Å²) in [6.45, 7) is 4.01. The van der Waals surface area contributed by atoms with Crippen LogP contribution in [0.5, 0.6) is 5.75 Å². The Morgan fingerprint density at radius 2 is 2.14 bits per heavy atom. The first-order valence-electron chi connectivity index (χ1n) is 6.60. The number of nitrogens with zero attached hydrogens (tertiary/aromatic N) is 1. The van der Waals surface area contributed by atoms with Crippen molar-refractivity contribution in [3.05, 3.63) is 33.7 Å². The highest BCUT2D eigenvalue weighted by atomic mass is 35.5. The van der Waals surface area contributed by atoms with Gasteiger partial charge in [0.1, 0.15) is 5.75 Å². The maximum absolute atomic E-state index is 11.8. The van der Waals surface area contributed by atoms with Gasteiger partial charge < -0.3 is 4.74 Å². The lowest BCUT2D eigenvalue weighted by Gasteiger charge is -2.14. The molecule has 1 aliphatic rings. The molecular weight excluding hydrogens is 310 g/mol. The fourth-order valence-electron chi connectivity index (χ4n) is 1.70. The number of likely N-dealkylation sites (N-methyl/N-ethyl adjacent to an activating group) is 1. The number of rotatable bonds is 4. The molecule has 0 aromatic heterocycles. The third kappa shape index (κ3) is 3.60. The van der Waals surface area contributed by atoms with Gasteiger partial charge in [0.2, 0.25) is 0 Å². The van der Waals surface area contributed by atoms with E-state index >= 15 is 0 Å². The van der Waals surface area contributed by atoms with E-state index < -0.39 is 0 Å². The highest BCUT2D eigenvalue weighted by Crippen LogP contribution is 2.33. The van der Waals surface area contributed by atoms with Crippen LogP contribution >= 0.6 is 23.4 Å². The Morgan fingerprint density at radius 3 is 2.67 bits per heavy atom. The van der Waals surface area contributed by atoms with Crippen molar-refractivity contribution in [3.63, 3.8) is 0 Å². The Bertz CT molecular complexity index is 615. The average Bonchev–Trinajstić information content (AvgIpc) is 2.69. The number of thioether (sulfide) groups is 1. The number of imide groups is 1. The Morgan fingerprint density at radius 1 is 1.43 bits per heavy atom. The zero-order valence-corrected chi connectivity index (χ0v) is 13.6. The van der Waals surface area contributed by atoms with Gasteiger partial charge in [0.15, 0.2) is 0 Å². The van der Waals surface area contributed by atoms with Crippen molar-refractivity contribution < 1.29 is 14.3 Å². The predicted molar refractivity (Wildman–Crippen MR) is 85.6 cm³/mol. The monoisotopic (exact) mass is 325 g/mol. The third-order valence-electron chi connectivity index (χ3n) is 3.14. The molecule has 2 rings (SSSR count). The van der Waals surface area contributed by atoms with E-state index in [1.54, 1.807) is 18.2 Å². The molecule has 1 atom stereocenters. The summed E-state index contributed by atoms with van der Waals surface area (Å²) >= 11 is 7.11. The van der Waals surface area contributed by atoms with Gasteiger partial charge in [-0.05, 0) is 48.9 Å². The van der Waals surface area contributed by atoms with Crippen LogP contribution in [0.4, 0.5) is 4.79 Å². The summed E-state index contributed by atoms with van der Waals surface area (Å²) in [4.78, 5) is 24.7. The van der Waals surface area contributed by atoms with Crippen LogP contribution in [-0.2, 0) is 4.79 Å². The van der Waals surface area contributed by atoms with Crippen LogP contribution in [0.3, 0.4) is 0 Å². The summed E-state index contributed by atoms with van der Waals surface area (Å²) in [6.07, 6.45) is 2.64. The van der Waals surface area contributed by atoms with Crippen molar-refractivity contribution in [3.8, 4) is 5.75 Å². The molecule has 6 heteroatoms. The van der Waals surface area contributed by atoms with Gasteiger partial charge in [-0.25, -0.2) is 0 Å². The summed E-state index contributed by atoms with van der Waals surface area (Å²) in [6, 6.07) is 5.31. The second kappa shape index (κ2) is 6.54. The smallest absolute Gasteiger partial charge is 0.293 e. The fourth-order valence-corrected chi connectivity index (χ4v) is 2.76. The minimum Gasteiger partial charge on any atom is -0.489 e. The average molecular weight is 326 g/mol. The molecular formula is C15H16ClNO3S. The first-order chi connectivity index (χ1) is 9.92. The van der Waals surface area contributed by atoms with E-state index in [4.69, 9.17) is 16.3 Å². The van der Waals surface area contributed by atoms with Gasteiger partial charge in [0, 0.05) is 7.05 Å². The Labute approximate surface area is 133 Å². The Kier molecular flexibility index (Phi) is 4.96. The molecule has 1 aromatic carbocycles. The fraction of sp³-hybridized carbons (Fsp3) is 0.333. The van der Waals surface area contributed by atoms with Gasteiger partial charge in [-0.3, -0.25) is 14.5 Å². The lowest BCUT2D eigenvalue weighted by Crippen LogP contribution is -2.22. The normalized spacial score (nSPS) is 18.5. The molecule has 1 aromatic rings. The molecule has 1 fully saturated rings. The van der Waals surface area contributed by atoms with Crippen molar-refractivity contribution in [2.75, 3.05) is 7.05 Å². The molecule has 0 radical (unpaired) electrons. The minimum absolute atomic E-state index is 0.0879. The third-order valence-corrected chi connectivity index (χ3v) is 4.40. The predicted octanol–water partition coefficient (Wildman–Crippen LogP) is 4.18. The van der Waals surface area contributed by atoms with E-state index in [9.17, 15) is 9.59 Å². The number of hydrogen-bond acceptors (Lipinski definition) is 4. The molecule has 0 unspecified atom stereocenters. The topological polar surface area (TPSA) is 46.6 Å². The lowest BCUT2D eigenvalue weighted by molar-refractivity contribution is -0.121. The first kappa shape index (κ1) is 15.9. The van der Waals surface area contributed by atoms with E-state index in [0.29, 0.717) is 15.7 Å².